The van der Waals surface area contributed by atoms with Crippen LogP contribution in [0.2, 0.25) is 0 Å². The van der Waals surface area contributed by atoms with Gasteiger partial charge in [0.15, 0.2) is 0 Å². The lowest BCUT2D eigenvalue weighted by Crippen LogP contribution is -2.32. The second-order valence-electron chi connectivity index (χ2n) is 4.12. The first kappa shape index (κ1) is 10.1. The van der Waals surface area contributed by atoms with Gasteiger partial charge >= 0.3 is 0 Å². The zero-order valence-corrected chi connectivity index (χ0v) is 9.36. The van der Waals surface area contributed by atoms with E-state index in [1.165, 1.54) is 9.75 Å². The van der Waals surface area contributed by atoms with Crippen molar-refractivity contribution in [2.24, 2.45) is 5.73 Å². The summed E-state index contributed by atoms with van der Waals surface area (Å²) >= 11 is 1.82. The molecule has 0 spiro atoms. The lowest BCUT2D eigenvalue weighted by Gasteiger charge is -2.32. The van der Waals surface area contributed by atoms with Crippen molar-refractivity contribution < 1.29 is 5.11 Å². The lowest BCUT2D eigenvalue weighted by atomic mass is 9.81. The molecule has 0 saturated heterocycles. The van der Waals surface area contributed by atoms with Crippen LogP contribution in [0.4, 0.5) is 0 Å². The van der Waals surface area contributed by atoms with Crippen molar-refractivity contribution in [2.45, 2.75) is 38.2 Å². The van der Waals surface area contributed by atoms with Gasteiger partial charge in [0, 0.05) is 9.75 Å². The van der Waals surface area contributed by atoms with Crippen LogP contribution in [-0.2, 0) is 12.0 Å². The molecule has 1 aromatic rings. The smallest absolute Gasteiger partial charge is 0.0919 e. The molecular weight excluding hydrogens is 194 g/mol. The maximum absolute atomic E-state index is 10.5. The van der Waals surface area contributed by atoms with E-state index in [0.717, 1.165) is 24.8 Å². The molecule has 1 aliphatic rings. The van der Waals surface area contributed by atoms with E-state index >= 15 is 0 Å². The van der Waals surface area contributed by atoms with E-state index in [2.05, 4.69) is 13.0 Å². The van der Waals surface area contributed by atoms with E-state index in [1.54, 1.807) is 0 Å². The van der Waals surface area contributed by atoms with Gasteiger partial charge in [0.1, 0.15) is 0 Å². The molecule has 3 N–H and O–H groups in total. The second kappa shape index (κ2) is 3.65. The van der Waals surface area contributed by atoms with Crippen molar-refractivity contribution in [3.8, 4) is 0 Å². The summed E-state index contributed by atoms with van der Waals surface area (Å²) < 4.78 is 0. The Morgan fingerprint density at radius 2 is 2.43 bits per heavy atom. The summed E-state index contributed by atoms with van der Waals surface area (Å²) in [5, 5.41) is 10.5. The number of aliphatic hydroxyl groups is 1. The molecule has 1 atom stereocenters. The Hall–Kier alpha value is -0.380. The summed E-state index contributed by atoms with van der Waals surface area (Å²) in [5.74, 6) is 0. The predicted octanol–water partition coefficient (Wildman–Crippen LogP) is 1.93. The lowest BCUT2D eigenvalue weighted by molar-refractivity contribution is 0.0133. The van der Waals surface area contributed by atoms with Crippen LogP contribution in [0.3, 0.4) is 0 Å². The van der Waals surface area contributed by atoms with E-state index in [0.29, 0.717) is 13.0 Å². The Labute approximate surface area is 88.8 Å². The minimum atomic E-state index is -0.632. The van der Waals surface area contributed by atoms with Gasteiger partial charge < -0.3 is 10.8 Å². The third-order valence-corrected chi connectivity index (χ3v) is 4.10. The van der Waals surface area contributed by atoms with Crippen molar-refractivity contribution in [1.82, 2.24) is 0 Å². The SMILES string of the molecule is Cc1cc2c(s1)CCCC2(O)CCN. The van der Waals surface area contributed by atoms with Gasteiger partial charge in [-0.15, -0.1) is 11.3 Å². The number of thiophene rings is 1. The molecule has 2 rings (SSSR count). The van der Waals surface area contributed by atoms with Crippen molar-refractivity contribution in [2.75, 3.05) is 6.54 Å². The molecule has 3 heteroatoms. The first-order valence-corrected chi connectivity index (χ1v) is 5.99. The summed E-state index contributed by atoms with van der Waals surface area (Å²) in [6, 6.07) is 2.13. The Bertz CT molecular complexity index is 334. The minimum absolute atomic E-state index is 0.560. The van der Waals surface area contributed by atoms with Gasteiger partial charge in [-0.3, -0.25) is 0 Å². The predicted molar refractivity (Wildman–Crippen MR) is 59.6 cm³/mol. The van der Waals surface area contributed by atoms with Crippen LogP contribution in [0.15, 0.2) is 6.07 Å². The van der Waals surface area contributed by atoms with Crippen molar-refractivity contribution >= 4 is 11.3 Å². The number of aryl methyl sites for hydroxylation is 2. The van der Waals surface area contributed by atoms with Crippen LogP contribution in [0.5, 0.6) is 0 Å². The molecule has 0 amide bonds. The zero-order valence-electron chi connectivity index (χ0n) is 8.55. The molecule has 14 heavy (non-hydrogen) atoms. The van der Waals surface area contributed by atoms with Gasteiger partial charge in [-0.2, -0.15) is 0 Å². The van der Waals surface area contributed by atoms with Crippen LogP contribution >= 0.6 is 11.3 Å². The fourth-order valence-corrected chi connectivity index (χ4v) is 3.49. The van der Waals surface area contributed by atoms with Gasteiger partial charge in [-0.05, 0) is 50.8 Å². The topological polar surface area (TPSA) is 46.2 Å². The van der Waals surface area contributed by atoms with Gasteiger partial charge in [0.05, 0.1) is 5.60 Å². The monoisotopic (exact) mass is 211 g/mol. The molecule has 1 aromatic heterocycles. The first-order chi connectivity index (χ1) is 6.65. The molecular formula is C11H17NOS. The van der Waals surface area contributed by atoms with E-state index in [1.807, 2.05) is 11.3 Å². The number of fused-ring (bicyclic) bond motifs is 1. The average molecular weight is 211 g/mol. The standard InChI is InChI=1S/C11H17NOS/c1-8-7-9-10(14-8)3-2-4-11(9,13)5-6-12/h7,13H,2-6,12H2,1H3. The molecule has 0 bridgehead atoms. The Morgan fingerprint density at radius 3 is 3.14 bits per heavy atom. The Kier molecular flexibility index (Phi) is 2.64. The average Bonchev–Trinajstić information content (AvgIpc) is 2.48. The van der Waals surface area contributed by atoms with Crippen molar-refractivity contribution in [3.63, 3.8) is 0 Å². The van der Waals surface area contributed by atoms with E-state index < -0.39 is 5.60 Å². The first-order valence-electron chi connectivity index (χ1n) is 5.18. The summed E-state index contributed by atoms with van der Waals surface area (Å²) in [7, 11) is 0. The molecule has 0 saturated carbocycles. The van der Waals surface area contributed by atoms with Gasteiger partial charge in [-0.25, -0.2) is 0 Å². The molecule has 78 valence electrons. The van der Waals surface area contributed by atoms with Crippen molar-refractivity contribution in [3.05, 3.63) is 21.4 Å². The van der Waals surface area contributed by atoms with Gasteiger partial charge in [0.25, 0.3) is 0 Å². The van der Waals surface area contributed by atoms with E-state index in [-0.39, 0.29) is 0 Å². The van der Waals surface area contributed by atoms with Crippen LogP contribution in [0.25, 0.3) is 0 Å². The molecule has 2 nitrogen and oxygen atoms in total. The third-order valence-electron chi connectivity index (χ3n) is 2.99. The molecule has 0 radical (unpaired) electrons. The maximum atomic E-state index is 10.5. The van der Waals surface area contributed by atoms with Crippen molar-refractivity contribution in [1.29, 1.82) is 0 Å². The number of hydrogen-bond acceptors (Lipinski definition) is 3. The van der Waals surface area contributed by atoms with Crippen LogP contribution in [-0.4, -0.2) is 11.7 Å². The largest absolute Gasteiger partial charge is 0.385 e. The fraction of sp³-hybridized carbons (Fsp3) is 0.636. The zero-order chi connectivity index (χ0) is 10.2. The van der Waals surface area contributed by atoms with Gasteiger partial charge in [0.2, 0.25) is 0 Å². The number of hydrogen-bond donors (Lipinski definition) is 2. The summed E-state index contributed by atoms with van der Waals surface area (Å²) in [6.07, 6.45) is 3.77. The molecule has 1 unspecified atom stereocenters. The molecule has 0 aliphatic heterocycles. The highest BCUT2D eigenvalue weighted by molar-refractivity contribution is 7.12. The highest BCUT2D eigenvalue weighted by atomic mass is 32.1. The van der Waals surface area contributed by atoms with Gasteiger partial charge in [-0.1, -0.05) is 0 Å². The summed E-state index contributed by atoms with van der Waals surface area (Å²) in [4.78, 5) is 2.66. The van der Waals surface area contributed by atoms with E-state index in [4.69, 9.17) is 5.73 Å². The maximum Gasteiger partial charge on any atom is 0.0919 e. The summed E-state index contributed by atoms with van der Waals surface area (Å²) in [6.45, 7) is 2.66. The van der Waals surface area contributed by atoms with Crippen LogP contribution in [0.1, 0.15) is 34.6 Å². The van der Waals surface area contributed by atoms with Crippen LogP contribution < -0.4 is 5.73 Å². The quantitative estimate of drug-likeness (QED) is 0.785. The van der Waals surface area contributed by atoms with E-state index in [9.17, 15) is 5.11 Å². The minimum Gasteiger partial charge on any atom is -0.385 e. The Balaban J connectivity index is 2.38. The molecule has 0 fully saturated rings. The second-order valence-corrected chi connectivity index (χ2v) is 5.46. The summed E-state index contributed by atoms with van der Waals surface area (Å²) in [5.41, 5.74) is 6.07. The Morgan fingerprint density at radius 1 is 1.64 bits per heavy atom. The van der Waals surface area contributed by atoms with Crippen LogP contribution in [0, 0.1) is 6.92 Å². The fourth-order valence-electron chi connectivity index (χ4n) is 2.32. The molecule has 1 aliphatic carbocycles. The third kappa shape index (κ3) is 1.60. The molecule has 1 heterocycles. The highest BCUT2D eigenvalue weighted by Gasteiger charge is 2.34. The normalized spacial score (nSPS) is 26.2. The highest BCUT2D eigenvalue weighted by Crippen LogP contribution is 2.41. The molecule has 0 aromatic carbocycles. The number of nitrogens with two attached hydrogens (primary N) is 1. The number of rotatable bonds is 2.